The van der Waals surface area contributed by atoms with Crippen LogP contribution in [-0.2, 0) is 6.54 Å². The van der Waals surface area contributed by atoms with Gasteiger partial charge < -0.3 is 5.32 Å². The zero-order valence-corrected chi connectivity index (χ0v) is 9.90. The molecule has 0 spiro atoms. The van der Waals surface area contributed by atoms with Crippen molar-refractivity contribution >= 4 is 6.08 Å². The maximum Gasteiger partial charge on any atom is 0.0562 e. The second kappa shape index (κ2) is 6.40. The van der Waals surface area contributed by atoms with E-state index in [1.54, 1.807) is 0 Å². The van der Waals surface area contributed by atoms with E-state index in [0.29, 0.717) is 5.92 Å². The number of nitrogens with one attached hydrogen (secondary N) is 1. The molecule has 0 amide bonds. The molecule has 3 heteroatoms. The highest BCUT2D eigenvalue weighted by Crippen LogP contribution is 1.99. The van der Waals surface area contributed by atoms with Crippen LogP contribution in [0.5, 0.6) is 0 Å². The van der Waals surface area contributed by atoms with Crippen molar-refractivity contribution in [2.24, 2.45) is 5.92 Å². The van der Waals surface area contributed by atoms with Gasteiger partial charge in [0, 0.05) is 24.8 Å². The summed E-state index contributed by atoms with van der Waals surface area (Å²) < 4.78 is 1.93. The summed E-state index contributed by atoms with van der Waals surface area (Å²) in [6, 6.07) is 0. The Kier molecular flexibility index (Phi) is 5.12. The van der Waals surface area contributed by atoms with E-state index in [9.17, 15) is 0 Å². The highest BCUT2D eigenvalue weighted by molar-refractivity contribution is 5.46. The molecular weight excluding hydrogens is 186 g/mol. The van der Waals surface area contributed by atoms with E-state index in [1.165, 1.54) is 5.56 Å². The van der Waals surface area contributed by atoms with Gasteiger partial charge in [0.15, 0.2) is 0 Å². The van der Waals surface area contributed by atoms with E-state index in [1.807, 2.05) is 10.9 Å². The third-order valence-corrected chi connectivity index (χ3v) is 2.10. The first-order valence-electron chi connectivity index (χ1n) is 5.62. The molecule has 1 aromatic heterocycles. The van der Waals surface area contributed by atoms with Crippen molar-refractivity contribution in [3.8, 4) is 0 Å². The molecule has 0 saturated heterocycles. The summed E-state index contributed by atoms with van der Waals surface area (Å²) >= 11 is 0. The molecule has 0 saturated carbocycles. The average Bonchev–Trinajstić information content (AvgIpc) is 2.65. The van der Waals surface area contributed by atoms with Crippen molar-refractivity contribution in [2.75, 3.05) is 13.1 Å². The summed E-state index contributed by atoms with van der Waals surface area (Å²) in [5, 5.41) is 7.57. The number of hydrogen-bond acceptors (Lipinski definition) is 2. The molecule has 0 aromatic carbocycles. The van der Waals surface area contributed by atoms with Gasteiger partial charge in [-0.2, -0.15) is 5.10 Å². The monoisotopic (exact) mass is 207 g/mol. The van der Waals surface area contributed by atoms with Crippen molar-refractivity contribution in [1.82, 2.24) is 15.1 Å². The minimum Gasteiger partial charge on any atom is -0.313 e. The lowest BCUT2D eigenvalue weighted by molar-refractivity contribution is 0.577. The number of hydrogen-bond donors (Lipinski definition) is 1. The minimum atomic E-state index is 0.709. The third-order valence-electron chi connectivity index (χ3n) is 2.10. The van der Waals surface area contributed by atoms with Crippen LogP contribution in [0, 0.1) is 5.92 Å². The van der Waals surface area contributed by atoms with E-state index in [-0.39, 0.29) is 0 Å². The summed E-state index contributed by atoms with van der Waals surface area (Å²) in [6.07, 6.45) is 8.19. The fraction of sp³-hybridized carbons (Fsp3) is 0.583. The lowest BCUT2D eigenvalue weighted by Crippen LogP contribution is -2.19. The molecule has 3 nitrogen and oxygen atoms in total. The van der Waals surface area contributed by atoms with E-state index in [4.69, 9.17) is 0 Å². The summed E-state index contributed by atoms with van der Waals surface area (Å²) in [6.45, 7) is 9.43. The van der Waals surface area contributed by atoms with Crippen LogP contribution < -0.4 is 5.32 Å². The molecular formula is C12H21N3. The quantitative estimate of drug-likeness (QED) is 0.724. The predicted octanol–water partition coefficient (Wildman–Crippen LogP) is 2.16. The van der Waals surface area contributed by atoms with E-state index in [2.05, 4.69) is 49.5 Å². The van der Waals surface area contributed by atoms with Crippen LogP contribution >= 0.6 is 0 Å². The first kappa shape index (κ1) is 12.0. The van der Waals surface area contributed by atoms with Crippen LogP contribution in [-0.4, -0.2) is 22.9 Å². The Morgan fingerprint density at radius 2 is 2.33 bits per heavy atom. The number of nitrogens with zero attached hydrogens (tertiary/aromatic N) is 2. The van der Waals surface area contributed by atoms with Crippen molar-refractivity contribution < 1.29 is 0 Å². The maximum absolute atomic E-state index is 4.21. The molecule has 1 N–H and O–H groups in total. The predicted molar refractivity (Wildman–Crippen MR) is 64.6 cm³/mol. The molecule has 0 bridgehead atoms. The summed E-state index contributed by atoms with van der Waals surface area (Å²) in [5.74, 6) is 0.709. The number of rotatable bonds is 6. The van der Waals surface area contributed by atoms with E-state index >= 15 is 0 Å². The van der Waals surface area contributed by atoms with Gasteiger partial charge in [0.25, 0.3) is 0 Å². The van der Waals surface area contributed by atoms with Gasteiger partial charge in [-0.15, -0.1) is 0 Å². The Morgan fingerprint density at radius 1 is 1.53 bits per heavy atom. The van der Waals surface area contributed by atoms with Gasteiger partial charge in [-0.25, -0.2) is 0 Å². The molecule has 0 aliphatic rings. The normalized spacial score (nSPS) is 11.7. The Labute approximate surface area is 92.2 Å². The fourth-order valence-electron chi connectivity index (χ4n) is 1.29. The molecule has 1 rings (SSSR count). The summed E-state index contributed by atoms with van der Waals surface area (Å²) in [5.41, 5.74) is 1.17. The number of aryl methyl sites for hydroxylation is 1. The highest BCUT2D eigenvalue weighted by Gasteiger charge is 1.92. The van der Waals surface area contributed by atoms with Crippen LogP contribution in [0.3, 0.4) is 0 Å². The zero-order valence-electron chi connectivity index (χ0n) is 9.90. The van der Waals surface area contributed by atoms with Gasteiger partial charge in [0.1, 0.15) is 0 Å². The lowest BCUT2D eigenvalue weighted by atomic mass is 10.2. The molecule has 0 radical (unpaired) electrons. The van der Waals surface area contributed by atoms with Crippen LogP contribution in [0.15, 0.2) is 18.5 Å². The fourth-order valence-corrected chi connectivity index (χ4v) is 1.29. The van der Waals surface area contributed by atoms with Gasteiger partial charge in [-0.1, -0.05) is 26.0 Å². The van der Waals surface area contributed by atoms with Crippen molar-refractivity contribution in [2.45, 2.75) is 27.3 Å². The standard InChI is InChI=1S/C12H21N3/c1-4-15-10-12(9-14-15)6-5-7-13-8-11(2)3/h5-6,9-11,13H,4,7-8H2,1-3H3/b6-5+. The van der Waals surface area contributed by atoms with Crippen molar-refractivity contribution in [3.05, 3.63) is 24.0 Å². The van der Waals surface area contributed by atoms with Crippen molar-refractivity contribution in [3.63, 3.8) is 0 Å². The van der Waals surface area contributed by atoms with Gasteiger partial charge >= 0.3 is 0 Å². The third kappa shape index (κ3) is 4.79. The lowest BCUT2D eigenvalue weighted by Gasteiger charge is -2.03. The topological polar surface area (TPSA) is 29.9 Å². The second-order valence-electron chi connectivity index (χ2n) is 4.08. The Morgan fingerprint density at radius 3 is 2.93 bits per heavy atom. The molecule has 84 valence electrons. The average molecular weight is 207 g/mol. The summed E-state index contributed by atoms with van der Waals surface area (Å²) in [4.78, 5) is 0. The molecule has 0 aliphatic carbocycles. The number of aromatic nitrogens is 2. The zero-order chi connectivity index (χ0) is 11.1. The Hall–Kier alpha value is -1.09. The van der Waals surface area contributed by atoms with E-state index in [0.717, 1.165) is 19.6 Å². The largest absolute Gasteiger partial charge is 0.313 e. The van der Waals surface area contributed by atoms with Crippen LogP contribution in [0.25, 0.3) is 6.08 Å². The Bertz CT molecular complexity index is 300. The van der Waals surface area contributed by atoms with Gasteiger partial charge in [0.2, 0.25) is 0 Å². The molecule has 15 heavy (non-hydrogen) atoms. The summed E-state index contributed by atoms with van der Waals surface area (Å²) in [7, 11) is 0. The molecule has 0 fully saturated rings. The first-order chi connectivity index (χ1) is 7.22. The second-order valence-corrected chi connectivity index (χ2v) is 4.08. The molecule has 1 aromatic rings. The van der Waals surface area contributed by atoms with Gasteiger partial charge in [-0.3, -0.25) is 4.68 Å². The smallest absolute Gasteiger partial charge is 0.0562 e. The van der Waals surface area contributed by atoms with Gasteiger partial charge in [0.05, 0.1) is 6.20 Å². The van der Waals surface area contributed by atoms with Gasteiger partial charge in [-0.05, 0) is 19.4 Å². The van der Waals surface area contributed by atoms with E-state index < -0.39 is 0 Å². The maximum atomic E-state index is 4.21. The SMILES string of the molecule is CCn1cc(/C=C/CNCC(C)C)cn1. The van der Waals surface area contributed by atoms with Crippen LogP contribution in [0.1, 0.15) is 26.3 Å². The molecule has 0 unspecified atom stereocenters. The highest BCUT2D eigenvalue weighted by atomic mass is 15.3. The van der Waals surface area contributed by atoms with Crippen molar-refractivity contribution in [1.29, 1.82) is 0 Å². The Balaban J connectivity index is 2.25. The molecule has 1 heterocycles. The van der Waals surface area contributed by atoms with Crippen LogP contribution in [0.4, 0.5) is 0 Å². The molecule has 0 atom stereocenters. The van der Waals surface area contributed by atoms with Crippen LogP contribution in [0.2, 0.25) is 0 Å². The minimum absolute atomic E-state index is 0.709. The first-order valence-corrected chi connectivity index (χ1v) is 5.62. The molecule has 0 aliphatic heterocycles.